The highest BCUT2D eigenvalue weighted by atomic mass is 16.2. The summed E-state index contributed by atoms with van der Waals surface area (Å²) in [6.45, 7) is 2.46. The highest BCUT2D eigenvalue weighted by Gasteiger charge is 2.23. The van der Waals surface area contributed by atoms with Gasteiger partial charge in [0.15, 0.2) is 0 Å². The average Bonchev–Trinajstić information content (AvgIpc) is 3.11. The first-order chi connectivity index (χ1) is 9.74. The molecule has 1 aromatic carbocycles. The Morgan fingerprint density at radius 2 is 2.10 bits per heavy atom. The SMILES string of the molecule is O=C(Nc1ccc(N2CCCC2=O)cc1)C1CCNC1. The summed E-state index contributed by atoms with van der Waals surface area (Å²) < 4.78 is 0. The van der Waals surface area contributed by atoms with Crippen LogP contribution in [0.15, 0.2) is 24.3 Å². The van der Waals surface area contributed by atoms with Crippen LogP contribution in [-0.4, -0.2) is 31.4 Å². The molecular formula is C15H19N3O2. The van der Waals surface area contributed by atoms with Gasteiger partial charge in [-0.2, -0.15) is 0 Å². The van der Waals surface area contributed by atoms with Crippen LogP contribution in [-0.2, 0) is 9.59 Å². The third kappa shape index (κ3) is 2.67. The summed E-state index contributed by atoms with van der Waals surface area (Å²) in [7, 11) is 0. The Balaban J connectivity index is 1.63. The van der Waals surface area contributed by atoms with E-state index in [4.69, 9.17) is 0 Å². The number of benzene rings is 1. The van der Waals surface area contributed by atoms with Crippen molar-refractivity contribution >= 4 is 23.2 Å². The van der Waals surface area contributed by atoms with Gasteiger partial charge in [0.1, 0.15) is 0 Å². The summed E-state index contributed by atoms with van der Waals surface area (Å²) in [6, 6.07) is 7.51. The van der Waals surface area contributed by atoms with Crippen LogP contribution in [0.2, 0.25) is 0 Å². The highest BCUT2D eigenvalue weighted by molar-refractivity contribution is 5.96. The normalized spacial score (nSPS) is 22.3. The summed E-state index contributed by atoms with van der Waals surface area (Å²) in [5.74, 6) is 0.314. The molecule has 2 aliphatic rings. The maximum absolute atomic E-state index is 12.0. The smallest absolute Gasteiger partial charge is 0.228 e. The van der Waals surface area contributed by atoms with Crippen LogP contribution in [0.4, 0.5) is 11.4 Å². The van der Waals surface area contributed by atoms with Crippen molar-refractivity contribution in [3.8, 4) is 0 Å². The summed E-state index contributed by atoms with van der Waals surface area (Å²) in [6.07, 6.45) is 2.45. The predicted octanol–water partition coefficient (Wildman–Crippen LogP) is 1.36. The van der Waals surface area contributed by atoms with Crippen molar-refractivity contribution in [1.29, 1.82) is 0 Å². The number of rotatable bonds is 3. The Hall–Kier alpha value is -1.88. The van der Waals surface area contributed by atoms with Gasteiger partial charge in [0.25, 0.3) is 0 Å². The Labute approximate surface area is 118 Å². The van der Waals surface area contributed by atoms with Crippen LogP contribution in [0.25, 0.3) is 0 Å². The molecule has 1 unspecified atom stereocenters. The molecule has 0 aliphatic carbocycles. The van der Waals surface area contributed by atoms with Crippen molar-refractivity contribution in [2.75, 3.05) is 29.9 Å². The lowest BCUT2D eigenvalue weighted by atomic mass is 10.1. The van der Waals surface area contributed by atoms with E-state index in [0.29, 0.717) is 6.42 Å². The quantitative estimate of drug-likeness (QED) is 0.874. The van der Waals surface area contributed by atoms with E-state index in [0.717, 1.165) is 43.9 Å². The molecule has 2 heterocycles. The largest absolute Gasteiger partial charge is 0.326 e. The molecule has 20 heavy (non-hydrogen) atoms. The third-order valence-corrected chi connectivity index (χ3v) is 3.95. The lowest BCUT2D eigenvalue weighted by Crippen LogP contribution is -2.25. The Bertz CT molecular complexity index is 506. The summed E-state index contributed by atoms with van der Waals surface area (Å²) in [5, 5.41) is 6.12. The molecular weight excluding hydrogens is 254 g/mol. The molecule has 2 saturated heterocycles. The minimum absolute atomic E-state index is 0.0647. The van der Waals surface area contributed by atoms with Gasteiger partial charge >= 0.3 is 0 Å². The predicted molar refractivity (Wildman–Crippen MR) is 77.6 cm³/mol. The minimum atomic E-state index is 0.0647. The van der Waals surface area contributed by atoms with Crippen molar-refractivity contribution in [3.63, 3.8) is 0 Å². The molecule has 1 atom stereocenters. The van der Waals surface area contributed by atoms with Crippen molar-refractivity contribution < 1.29 is 9.59 Å². The average molecular weight is 273 g/mol. The molecule has 1 aromatic rings. The van der Waals surface area contributed by atoms with E-state index in [1.807, 2.05) is 24.3 Å². The van der Waals surface area contributed by atoms with Gasteiger partial charge in [-0.25, -0.2) is 0 Å². The van der Waals surface area contributed by atoms with Crippen LogP contribution >= 0.6 is 0 Å². The number of nitrogens with zero attached hydrogens (tertiary/aromatic N) is 1. The number of hydrogen-bond acceptors (Lipinski definition) is 3. The van der Waals surface area contributed by atoms with E-state index < -0.39 is 0 Å². The lowest BCUT2D eigenvalue weighted by molar-refractivity contribution is -0.119. The van der Waals surface area contributed by atoms with Gasteiger partial charge in [-0.15, -0.1) is 0 Å². The fourth-order valence-corrected chi connectivity index (χ4v) is 2.77. The monoisotopic (exact) mass is 273 g/mol. The summed E-state index contributed by atoms with van der Waals surface area (Å²) in [4.78, 5) is 25.5. The molecule has 2 N–H and O–H groups in total. The molecule has 0 spiro atoms. The fourth-order valence-electron chi connectivity index (χ4n) is 2.77. The van der Waals surface area contributed by atoms with Crippen molar-refractivity contribution in [1.82, 2.24) is 5.32 Å². The van der Waals surface area contributed by atoms with Gasteiger partial charge in [-0.05, 0) is 43.7 Å². The van der Waals surface area contributed by atoms with E-state index in [-0.39, 0.29) is 17.7 Å². The van der Waals surface area contributed by atoms with E-state index in [9.17, 15) is 9.59 Å². The number of nitrogens with one attached hydrogen (secondary N) is 2. The number of hydrogen-bond donors (Lipinski definition) is 2. The second kappa shape index (κ2) is 5.63. The number of carbonyl (C=O) groups is 2. The molecule has 0 aromatic heterocycles. The Morgan fingerprint density at radius 1 is 1.30 bits per heavy atom. The van der Waals surface area contributed by atoms with Crippen LogP contribution in [0, 0.1) is 5.92 Å². The zero-order valence-electron chi connectivity index (χ0n) is 11.4. The first-order valence-electron chi connectivity index (χ1n) is 7.16. The molecule has 106 valence electrons. The van der Waals surface area contributed by atoms with Gasteiger partial charge in [0.2, 0.25) is 11.8 Å². The Morgan fingerprint density at radius 3 is 2.70 bits per heavy atom. The van der Waals surface area contributed by atoms with Gasteiger partial charge in [-0.1, -0.05) is 0 Å². The maximum atomic E-state index is 12.0. The highest BCUT2D eigenvalue weighted by Crippen LogP contribution is 2.23. The van der Waals surface area contributed by atoms with Crippen molar-refractivity contribution in [3.05, 3.63) is 24.3 Å². The lowest BCUT2D eigenvalue weighted by Gasteiger charge is -2.16. The molecule has 2 aliphatic heterocycles. The molecule has 5 nitrogen and oxygen atoms in total. The zero-order valence-corrected chi connectivity index (χ0v) is 11.4. The van der Waals surface area contributed by atoms with Crippen LogP contribution < -0.4 is 15.5 Å². The first kappa shape index (κ1) is 13.1. The Kier molecular flexibility index (Phi) is 3.69. The molecule has 2 amide bonds. The molecule has 5 heteroatoms. The number of anilines is 2. The number of amides is 2. The summed E-state index contributed by atoms with van der Waals surface area (Å²) >= 11 is 0. The molecule has 0 saturated carbocycles. The third-order valence-electron chi connectivity index (χ3n) is 3.95. The topological polar surface area (TPSA) is 61.4 Å². The molecule has 0 radical (unpaired) electrons. The number of carbonyl (C=O) groups excluding carboxylic acids is 2. The van der Waals surface area contributed by atoms with E-state index in [1.165, 1.54) is 0 Å². The van der Waals surface area contributed by atoms with Crippen LogP contribution in [0.1, 0.15) is 19.3 Å². The second-order valence-corrected chi connectivity index (χ2v) is 5.37. The van der Waals surface area contributed by atoms with E-state index in [1.54, 1.807) is 4.90 Å². The fraction of sp³-hybridized carbons (Fsp3) is 0.467. The van der Waals surface area contributed by atoms with Crippen LogP contribution in [0.5, 0.6) is 0 Å². The zero-order chi connectivity index (χ0) is 13.9. The standard InChI is InChI=1S/C15H19N3O2/c19-14-2-1-9-18(14)13-5-3-12(4-6-13)17-15(20)11-7-8-16-10-11/h3-6,11,16H,1-2,7-10H2,(H,17,20). The van der Waals surface area contributed by atoms with Gasteiger partial charge in [0.05, 0.1) is 5.92 Å². The first-order valence-corrected chi connectivity index (χ1v) is 7.16. The van der Waals surface area contributed by atoms with Crippen molar-refractivity contribution in [2.24, 2.45) is 5.92 Å². The van der Waals surface area contributed by atoms with Crippen LogP contribution in [0.3, 0.4) is 0 Å². The van der Waals surface area contributed by atoms with Crippen molar-refractivity contribution in [2.45, 2.75) is 19.3 Å². The molecule has 2 fully saturated rings. The van der Waals surface area contributed by atoms with E-state index >= 15 is 0 Å². The minimum Gasteiger partial charge on any atom is -0.326 e. The molecule has 3 rings (SSSR count). The summed E-state index contributed by atoms with van der Waals surface area (Å²) in [5.41, 5.74) is 1.70. The molecule has 0 bridgehead atoms. The van der Waals surface area contributed by atoms with Gasteiger partial charge in [0, 0.05) is 30.9 Å². The van der Waals surface area contributed by atoms with E-state index in [2.05, 4.69) is 10.6 Å². The van der Waals surface area contributed by atoms with Gasteiger partial charge < -0.3 is 15.5 Å². The second-order valence-electron chi connectivity index (χ2n) is 5.37. The maximum Gasteiger partial charge on any atom is 0.228 e. The van der Waals surface area contributed by atoms with Gasteiger partial charge in [-0.3, -0.25) is 9.59 Å².